The van der Waals surface area contributed by atoms with E-state index < -0.39 is 126 Å². The Morgan fingerprint density at radius 1 is 0.602 bits per heavy atom. The molecule has 0 radical (unpaired) electrons. The van der Waals surface area contributed by atoms with Crippen LogP contribution in [0.1, 0.15) is 89.7 Å². The summed E-state index contributed by atoms with van der Waals surface area (Å²) in [5.74, 6) is -4.91. The number of ether oxygens (including phenoxy) is 5. The summed E-state index contributed by atoms with van der Waals surface area (Å²) in [6, 6.07) is 11.0. The number of amides is 5. The summed E-state index contributed by atoms with van der Waals surface area (Å²) in [6.45, 7) is 24.3. The van der Waals surface area contributed by atoms with Gasteiger partial charge in [0.25, 0.3) is 5.79 Å². The third kappa shape index (κ3) is 18.8. The van der Waals surface area contributed by atoms with E-state index in [4.69, 9.17) is 33.5 Å². The van der Waals surface area contributed by atoms with Gasteiger partial charge in [-0.3, -0.25) is 38.4 Å². The predicted molar refractivity (Wildman–Crippen MR) is 321 cm³/mol. The summed E-state index contributed by atoms with van der Waals surface area (Å²) in [6.07, 6.45) is 4.11. The Hall–Kier alpha value is -5.47. The maximum absolute atomic E-state index is 14.4. The molecular formula is C60H93N5O15Si3. The molecule has 5 atom stereocenters. The van der Waals surface area contributed by atoms with Gasteiger partial charge in [0, 0.05) is 55.9 Å². The Kier molecular flexibility index (Phi) is 23.0. The normalized spacial score (nSPS) is 23.2. The molecule has 4 saturated carbocycles. The lowest BCUT2D eigenvalue weighted by atomic mass is 9.47. The molecule has 5 N–H and O–H groups in total. The van der Waals surface area contributed by atoms with Crippen LogP contribution < -0.4 is 31.3 Å². The van der Waals surface area contributed by atoms with Gasteiger partial charge in [0.1, 0.15) is 36.5 Å². The second kappa shape index (κ2) is 28.6. The van der Waals surface area contributed by atoms with Crippen molar-refractivity contribution in [3.05, 3.63) is 59.7 Å². The number of anilines is 1. The van der Waals surface area contributed by atoms with Crippen LogP contribution in [0.3, 0.4) is 0 Å². The molecule has 5 amide bonds. The minimum absolute atomic E-state index is 0.134. The van der Waals surface area contributed by atoms with Crippen molar-refractivity contribution in [2.75, 3.05) is 32.2 Å². The topological polar surface area (TPSA) is 261 Å². The third-order valence-electron chi connectivity index (χ3n) is 16.2. The highest BCUT2D eigenvalue weighted by Crippen LogP contribution is 2.69. The number of nitrogens with one attached hydrogen (secondary N) is 5. The first-order valence-electron chi connectivity index (χ1n) is 29.6. The van der Waals surface area contributed by atoms with Gasteiger partial charge in [0.05, 0.1) is 32.7 Å². The molecule has 5 fully saturated rings. The van der Waals surface area contributed by atoms with Crippen molar-refractivity contribution in [3.8, 4) is 5.75 Å². The van der Waals surface area contributed by atoms with Crippen molar-refractivity contribution >= 4 is 77.4 Å². The summed E-state index contributed by atoms with van der Waals surface area (Å²) in [5.41, 5.74) is 1.45. The number of rotatable bonds is 31. The van der Waals surface area contributed by atoms with Crippen LogP contribution in [-0.2, 0) is 79.5 Å². The molecular weight excluding hydrogens is 1110 g/mol. The zero-order valence-electron chi connectivity index (χ0n) is 51.3. The summed E-state index contributed by atoms with van der Waals surface area (Å²) >= 11 is 0. The smallest absolute Gasteiger partial charge is 0.308 e. The second-order valence-electron chi connectivity index (χ2n) is 27.2. The summed E-state index contributed by atoms with van der Waals surface area (Å²) in [7, 11) is -3.07. The van der Waals surface area contributed by atoms with Crippen molar-refractivity contribution in [3.63, 3.8) is 0 Å². The molecule has 1 unspecified atom stereocenters. The van der Waals surface area contributed by atoms with Gasteiger partial charge in [-0.15, -0.1) is 0 Å². The highest BCUT2D eigenvalue weighted by Gasteiger charge is 2.76. The lowest BCUT2D eigenvalue weighted by Gasteiger charge is -2.68. The summed E-state index contributed by atoms with van der Waals surface area (Å²) in [5, 5.41) is 13.2. The zero-order valence-corrected chi connectivity index (χ0v) is 54.3. The first-order valence-corrected chi connectivity index (χ1v) is 40.7. The van der Waals surface area contributed by atoms with E-state index in [0.29, 0.717) is 41.4 Å². The fourth-order valence-corrected chi connectivity index (χ4v) is 13.8. The van der Waals surface area contributed by atoms with Crippen LogP contribution in [0.25, 0.3) is 0 Å². The van der Waals surface area contributed by atoms with Gasteiger partial charge in [0.15, 0.2) is 5.60 Å². The SMILES string of the molecule is COC1(c2cccc(OCc3ccc(NC(=O)[C@H](CC(=O)OCC[Si](C)(C)C)NC(=O)[C@@H](NC(=O)[C@H](CCC(=O)OCC[Si](C)(C)C)NC(=O)[C@H](CC(=O)OCC[Si](C)(C)C)NC(C)=O)C(C)C)cc3)c2)OOC12C1CC3CC(C1)CC2C3. The fourth-order valence-electron chi connectivity index (χ4n) is 11.7. The number of carbonyl (C=O) groups excluding carboxylic acids is 8. The first kappa shape index (κ1) is 66.7. The van der Waals surface area contributed by atoms with Crippen LogP contribution in [0.2, 0.25) is 77.1 Å². The standard InChI is InChI=1S/C60H93N5O15Si3/c1-38(2)54(65-55(70)48(21-22-51(67)75-23-26-81(5,6)7)63-57(72)49(61-39(3)66)35-52(68)76-24-27-82(8,9)10)58(73)64-50(36-53(69)77-25-28-83(11,12)13)56(71)62-46-19-17-40(18-20-46)37-78-47-16-14-15-43(34-47)60(74-4)59(79-80-60)44-30-41-29-42(32-44)33-45(59)31-41/h14-20,34,38,41-42,44-45,48-50,54H,21-33,35-37H2,1-13H3,(H,61,66)(H,62,71)(H,63,72)(H,64,73)(H,65,70)/t41?,42?,44?,45?,48-,49-,50-,54-,59?,60?/m0/s1. The number of hydrogen-bond acceptors (Lipinski definition) is 15. The van der Waals surface area contributed by atoms with Crippen LogP contribution in [0.5, 0.6) is 5.75 Å². The van der Waals surface area contributed by atoms with Crippen molar-refractivity contribution < 1.29 is 71.8 Å². The maximum atomic E-state index is 14.4. The first-order chi connectivity index (χ1) is 38.9. The lowest BCUT2D eigenvalue weighted by Crippen LogP contribution is -2.76. The number of benzene rings is 2. The Morgan fingerprint density at radius 3 is 1.59 bits per heavy atom. The number of methoxy groups -OCH3 is 1. The highest BCUT2D eigenvalue weighted by molar-refractivity contribution is 6.76. The van der Waals surface area contributed by atoms with E-state index in [1.165, 1.54) is 13.3 Å². The van der Waals surface area contributed by atoms with E-state index in [-0.39, 0.29) is 39.3 Å². The Labute approximate surface area is 493 Å². The molecule has 7 rings (SSSR count). The average Bonchev–Trinajstić information content (AvgIpc) is 1.05. The molecule has 1 heterocycles. The molecule has 83 heavy (non-hydrogen) atoms. The van der Waals surface area contributed by atoms with Gasteiger partial charge in [-0.2, -0.15) is 4.89 Å². The molecule has 2 aromatic rings. The molecule has 2 aromatic carbocycles. The molecule has 1 spiro atoms. The van der Waals surface area contributed by atoms with E-state index in [0.717, 1.165) is 48.6 Å². The fraction of sp³-hybridized carbons (Fsp3) is 0.667. The third-order valence-corrected chi connectivity index (χ3v) is 21.3. The summed E-state index contributed by atoms with van der Waals surface area (Å²) < 4.78 is 29.0. The second-order valence-corrected chi connectivity index (χ2v) is 44.1. The molecule has 0 aromatic heterocycles. The van der Waals surface area contributed by atoms with E-state index in [1.54, 1.807) is 45.2 Å². The molecule has 460 valence electrons. The van der Waals surface area contributed by atoms with Crippen LogP contribution in [0, 0.1) is 29.6 Å². The number of hydrogen-bond donors (Lipinski definition) is 5. The van der Waals surface area contributed by atoms with Gasteiger partial charge in [-0.05, 0) is 116 Å². The molecule has 20 nitrogen and oxygen atoms in total. The van der Waals surface area contributed by atoms with Crippen LogP contribution >= 0.6 is 0 Å². The van der Waals surface area contributed by atoms with E-state index in [1.807, 2.05) is 24.3 Å². The van der Waals surface area contributed by atoms with Gasteiger partial charge in [0.2, 0.25) is 29.5 Å². The summed E-state index contributed by atoms with van der Waals surface area (Å²) in [4.78, 5) is 121. The minimum atomic E-state index is -1.62. The van der Waals surface area contributed by atoms with Gasteiger partial charge in [-0.1, -0.05) is 97.0 Å². The Morgan fingerprint density at radius 2 is 1.11 bits per heavy atom. The molecule has 1 saturated heterocycles. The average molecular weight is 1210 g/mol. The van der Waals surface area contributed by atoms with Gasteiger partial charge >= 0.3 is 17.9 Å². The van der Waals surface area contributed by atoms with E-state index >= 15 is 0 Å². The van der Waals surface area contributed by atoms with Crippen molar-refractivity contribution in [2.24, 2.45) is 29.6 Å². The van der Waals surface area contributed by atoms with E-state index in [2.05, 4.69) is 85.5 Å². The van der Waals surface area contributed by atoms with Crippen molar-refractivity contribution in [2.45, 2.75) is 198 Å². The van der Waals surface area contributed by atoms with Gasteiger partial charge < -0.3 is 50.3 Å². The minimum Gasteiger partial charge on any atom is -0.489 e. The van der Waals surface area contributed by atoms with Crippen LogP contribution in [0.15, 0.2) is 48.5 Å². The molecule has 1 aliphatic heterocycles. The molecule has 5 aliphatic rings. The molecule has 4 bridgehead atoms. The Bertz CT molecular complexity index is 2590. The van der Waals surface area contributed by atoms with Crippen LogP contribution in [-0.4, -0.2) is 128 Å². The predicted octanol–water partition coefficient (Wildman–Crippen LogP) is 7.98. The zero-order chi connectivity index (χ0) is 61.1. The lowest BCUT2D eigenvalue weighted by molar-refractivity contribution is -0.645. The van der Waals surface area contributed by atoms with Crippen LogP contribution in [0.4, 0.5) is 5.69 Å². The largest absolute Gasteiger partial charge is 0.489 e. The molecule has 23 heteroatoms. The quantitative estimate of drug-likeness (QED) is 0.0207. The number of esters is 3. The highest BCUT2D eigenvalue weighted by atomic mass is 28.3. The Balaban J connectivity index is 1.13. The molecule has 4 aliphatic carbocycles. The number of carbonyl (C=O) groups is 8. The van der Waals surface area contributed by atoms with Gasteiger partial charge in [-0.25, -0.2) is 4.89 Å². The van der Waals surface area contributed by atoms with Crippen molar-refractivity contribution in [1.29, 1.82) is 0 Å². The van der Waals surface area contributed by atoms with E-state index in [9.17, 15) is 38.4 Å². The maximum Gasteiger partial charge on any atom is 0.308 e. The monoisotopic (exact) mass is 1210 g/mol. The van der Waals surface area contributed by atoms with Crippen molar-refractivity contribution in [1.82, 2.24) is 21.3 Å².